The number of rotatable bonds is 4. The van der Waals surface area contributed by atoms with E-state index in [1.165, 1.54) is 10.4 Å². The number of halogens is 1. The molecule has 0 bridgehead atoms. The number of benzene rings is 2. The van der Waals surface area contributed by atoms with E-state index in [0.29, 0.717) is 6.42 Å². The van der Waals surface area contributed by atoms with Gasteiger partial charge in [0.25, 0.3) is 0 Å². The molecule has 18 heavy (non-hydrogen) atoms. The van der Waals surface area contributed by atoms with E-state index in [9.17, 15) is 0 Å². The standard InChI is InChI=1S/C15H14ClNSi/c16-18(13-7-12-17,14-8-3-1-4-9-14)15-10-5-2-6-11-15/h1-6,8-11H,7,13H2. The first-order chi connectivity index (χ1) is 8.77. The summed E-state index contributed by atoms with van der Waals surface area (Å²) in [5.74, 6) is 0. The van der Waals surface area contributed by atoms with E-state index in [0.717, 1.165) is 6.04 Å². The average Bonchev–Trinajstić information content (AvgIpc) is 2.46. The predicted molar refractivity (Wildman–Crippen MR) is 78.8 cm³/mol. The molecule has 0 saturated heterocycles. The van der Waals surface area contributed by atoms with E-state index in [2.05, 4.69) is 30.3 Å². The fraction of sp³-hybridized carbons (Fsp3) is 0.133. The summed E-state index contributed by atoms with van der Waals surface area (Å²) >= 11 is 6.96. The molecule has 0 saturated carbocycles. The van der Waals surface area contributed by atoms with Gasteiger partial charge in [-0.05, 0) is 16.4 Å². The monoisotopic (exact) mass is 271 g/mol. The van der Waals surface area contributed by atoms with Crippen molar-refractivity contribution < 1.29 is 0 Å². The second-order valence-corrected chi connectivity index (χ2v) is 9.38. The van der Waals surface area contributed by atoms with Crippen LogP contribution in [0.1, 0.15) is 6.42 Å². The Morgan fingerprint density at radius 1 is 0.889 bits per heavy atom. The van der Waals surface area contributed by atoms with Crippen molar-refractivity contribution in [3.63, 3.8) is 0 Å². The summed E-state index contributed by atoms with van der Waals surface area (Å²) in [6, 6.07) is 23.3. The fourth-order valence-corrected chi connectivity index (χ4v) is 5.94. The topological polar surface area (TPSA) is 23.8 Å². The first-order valence-corrected chi connectivity index (χ1v) is 9.16. The third-order valence-electron chi connectivity index (χ3n) is 3.04. The summed E-state index contributed by atoms with van der Waals surface area (Å²) in [5.41, 5.74) is 0. The minimum absolute atomic E-state index is 0.500. The first-order valence-electron chi connectivity index (χ1n) is 5.94. The van der Waals surface area contributed by atoms with Crippen LogP contribution in [0, 0.1) is 11.3 Å². The Morgan fingerprint density at radius 2 is 1.33 bits per heavy atom. The van der Waals surface area contributed by atoms with Crippen molar-refractivity contribution in [2.45, 2.75) is 12.5 Å². The van der Waals surface area contributed by atoms with Crippen LogP contribution in [0.2, 0.25) is 6.04 Å². The molecule has 0 amide bonds. The summed E-state index contributed by atoms with van der Waals surface area (Å²) in [6.07, 6.45) is 0.500. The number of nitrogens with zero attached hydrogens (tertiary/aromatic N) is 1. The zero-order chi connectivity index (χ0) is 12.8. The highest BCUT2D eigenvalue weighted by atomic mass is 35.6. The van der Waals surface area contributed by atoms with Crippen LogP contribution in [-0.2, 0) is 0 Å². The highest BCUT2D eigenvalue weighted by molar-refractivity contribution is 7.34. The van der Waals surface area contributed by atoms with Gasteiger partial charge in [-0.25, -0.2) is 0 Å². The first kappa shape index (κ1) is 12.9. The molecule has 2 aromatic rings. The molecule has 0 N–H and O–H groups in total. The van der Waals surface area contributed by atoms with E-state index in [1.54, 1.807) is 0 Å². The lowest BCUT2D eigenvalue weighted by Gasteiger charge is -2.24. The zero-order valence-corrected chi connectivity index (χ0v) is 11.8. The van der Waals surface area contributed by atoms with E-state index in [-0.39, 0.29) is 0 Å². The molecule has 0 spiro atoms. The highest BCUT2D eigenvalue weighted by Gasteiger charge is 2.34. The van der Waals surface area contributed by atoms with Gasteiger partial charge in [-0.3, -0.25) is 0 Å². The molecule has 0 aliphatic carbocycles. The molecule has 1 nitrogen and oxygen atoms in total. The van der Waals surface area contributed by atoms with Gasteiger partial charge in [-0.2, -0.15) is 16.3 Å². The summed E-state index contributed by atoms with van der Waals surface area (Å²) in [4.78, 5) is 0. The molecule has 2 aromatic carbocycles. The quantitative estimate of drug-likeness (QED) is 0.620. The van der Waals surface area contributed by atoms with E-state index in [4.69, 9.17) is 16.3 Å². The van der Waals surface area contributed by atoms with Crippen molar-refractivity contribution in [2.75, 3.05) is 0 Å². The Hall–Kier alpha value is -1.56. The van der Waals surface area contributed by atoms with Crippen LogP contribution in [0.4, 0.5) is 0 Å². The average molecular weight is 272 g/mol. The molecule has 90 valence electrons. The van der Waals surface area contributed by atoms with Gasteiger partial charge in [0, 0.05) is 6.42 Å². The lowest BCUT2D eigenvalue weighted by atomic mass is 10.4. The summed E-state index contributed by atoms with van der Waals surface area (Å²) in [7, 11) is -2.27. The molecule has 0 aliphatic heterocycles. The zero-order valence-electron chi connectivity index (χ0n) is 10.0. The second kappa shape index (κ2) is 5.86. The maximum absolute atomic E-state index is 8.84. The lowest BCUT2D eigenvalue weighted by Crippen LogP contribution is -2.53. The molecule has 0 fully saturated rings. The molecular weight excluding hydrogens is 258 g/mol. The van der Waals surface area contributed by atoms with Crippen LogP contribution >= 0.6 is 11.1 Å². The third kappa shape index (κ3) is 2.64. The summed E-state index contributed by atoms with van der Waals surface area (Å²) < 4.78 is 0. The lowest BCUT2D eigenvalue weighted by molar-refractivity contribution is 1.19. The van der Waals surface area contributed by atoms with Gasteiger partial charge in [0.1, 0.15) is 0 Å². The second-order valence-electron chi connectivity index (χ2n) is 4.19. The van der Waals surface area contributed by atoms with Crippen LogP contribution in [-0.4, -0.2) is 7.38 Å². The van der Waals surface area contributed by atoms with E-state index < -0.39 is 7.38 Å². The van der Waals surface area contributed by atoms with Crippen molar-refractivity contribution in [1.82, 2.24) is 0 Å². The largest absolute Gasteiger partial charge is 0.218 e. The molecule has 0 radical (unpaired) electrons. The van der Waals surface area contributed by atoms with Crippen LogP contribution in [0.5, 0.6) is 0 Å². The van der Waals surface area contributed by atoms with Crippen molar-refractivity contribution in [3.05, 3.63) is 60.7 Å². The van der Waals surface area contributed by atoms with Gasteiger partial charge in [-0.15, -0.1) is 0 Å². The number of hydrogen-bond donors (Lipinski definition) is 0. The number of hydrogen-bond acceptors (Lipinski definition) is 1. The smallest absolute Gasteiger partial charge is 0.198 e. The highest BCUT2D eigenvalue weighted by Crippen LogP contribution is 2.17. The van der Waals surface area contributed by atoms with Gasteiger partial charge < -0.3 is 0 Å². The van der Waals surface area contributed by atoms with Crippen LogP contribution in [0.25, 0.3) is 0 Å². The summed E-state index contributed by atoms with van der Waals surface area (Å²) in [5, 5.41) is 11.2. The van der Waals surface area contributed by atoms with Crippen molar-refractivity contribution in [3.8, 4) is 6.07 Å². The fourth-order valence-electron chi connectivity index (χ4n) is 2.09. The molecular formula is C15H14ClNSi. The maximum Gasteiger partial charge on any atom is 0.218 e. The van der Waals surface area contributed by atoms with E-state index in [1.807, 2.05) is 36.4 Å². The van der Waals surface area contributed by atoms with Crippen molar-refractivity contribution in [1.29, 1.82) is 5.26 Å². The van der Waals surface area contributed by atoms with Gasteiger partial charge in [0.05, 0.1) is 6.07 Å². The van der Waals surface area contributed by atoms with E-state index >= 15 is 0 Å². The Balaban J connectivity index is 2.45. The molecule has 0 heterocycles. The molecule has 0 unspecified atom stereocenters. The van der Waals surface area contributed by atoms with Gasteiger partial charge in [-0.1, -0.05) is 60.7 Å². The van der Waals surface area contributed by atoms with Crippen molar-refractivity contribution >= 4 is 28.8 Å². The minimum atomic E-state index is -2.27. The van der Waals surface area contributed by atoms with Crippen LogP contribution < -0.4 is 10.4 Å². The molecule has 0 aromatic heterocycles. The number of nitriles is 1. The Morgan fingerprint density at radius 3 is 1.72 bits per heavy atom. The van der Waals surface area contributed by atoms with Crippen molar-refractivity contribution in [2.24, 2.45) is 0 Å². The normalized spacial score (nSPS) is 10.9. The molecule has 2 rings (SSSR count). The molecule has 0 aliphatic rings. The van der Waals surface area contributed by atoms with Crippen LogP contribution in [0.15, 0.2) is 60.7 Å². The Labute approximate surface area is 113 Å². The van der Waals surface area contributed by atoms with Gasteiger partial charge >= 0.3 is 0 Å². The summed E-state index contributed by atoms with van der Waals surface area (Å²) in [6.45, 7) is 0. The molecule has 0 atom stereocenters. The SMILES string of the molecule is N#CCC[Si](Cl)(c1ccccc1)c1ccccc1. The molecule has 3 heteroatoms. The Kier molecular flexibility index (Phi) is 4.19. The minimum Gasteiger partial charge on any atom is -0.198 e. The van der Waals surface area contributed by atoms with Crippen LogP contribution in [0.3, 0.4) is 0 Å². The third-order valence-corrected chi connectivity index (χ3v) is 8.36. The predicted octanol–water partition coefficient (Wildman–Crippen LogP) is 2.90. The maximum atomic E-state index is 8.84. The van der Waals surface area contributed by atoms with Gasteiger partial charge in [0.2, 0.25) is 7.38 Å². The Bertz CT molecular complexity index is 494. The van der Waals surface area contributed by atoms with Gasteiger partial charge in [0.15, 0.2) is 0 Å².